The van der Waals surface area contributed by atoms with Crippen molar-refractivity contribution in [3.63, 3.8) is 0 Å². The Morgan fingerprint density at radius 3 is 2.90 bits per heavy atom. The fraction of sp³-hybridized carbons (Fsp3) is 0.231. The summed E-state index contributed by atoms with van der Waals surface area (Å²) in [4.78, 5) is 3.98. The highest BCUT2D eigenvalue weighted by atomic mass is 32.2. The average Bonchev–Trinajstić information content (AvgIpc) is 2.89. The number of benzene rings is 1. The number of nitrogens with one attached hydrogen (secondary N) is 1. The van der Waals surface area contributed by atoms with Crippen LogP contribution in [0.3, 0.4) is 0 Å². The highest BCUT2D eigenvalue weighted by Gasteiger charge is 2.15. The third-order valence-electron chi connectivity index (χ3n) is 2.44. The standard InChI is InChI=1S/C13H13N3O4S/c1-10-15-13(20-16-10)9-14-21(18,19)12-6-2-4-11(8-12)5-3-7-17/h2,4,6,8,14,17H,7,9H2,1H3. The Bertz CT molecular complexity index is 787. The monoisotopic (exact) mass is 307 g/mol. The Kier molecular flexibility index (Phi) is 4.70. The van der Waals surface area contributed by atoms with E-state index in [0.29, 0.717) is 11.4 Å². The summed E-state index contributed by atoms with van der Waals surface area (Å²) in [5.41, 5.74) is 0.501. The molecule has 0 unspecified atom stereocenters. The lowest BCUT2D eigenvalue weighted by molar-refractivity contribution is 0.350. The van der Waals surface area contributed by atoms with Crippen molar-refractivity contribution >= 4 is 10.0 Å². The van der Waals surface area contributed by atoms with Crippen molar-refractivity contribution in [3.8, 4) is 11.8 Å². The highest BCUT2D eigenvalue weighted by Crippen LogP contribution is 2.11. The molecule has 21 heavy (non-hydrogen) atoms. The third kappa shape index (κ3) is 4.13. The summed E-state index contributed by atoms with van der Waals surface area (Å²) in [6, 6.07) is 6.10. The van der Waals surface area contributed by atoms with Crippen LogP contribution in [0.5, 0.6) is 0 Å². The molecule has 0 aliphatic carbocycles. The molecule has 0 saturated heterocycles. The number of hydrogen-bond acceptors (Lipinski definition) is 6. The second-order valence-electron chi connectivity index (χ2n) is 4.05. The summed E-state index contributed by atoms with van der Waals surface area (Å²) in [6.07, 6.45) is 0. The average molecular weight is 307 g/mol. The Morgan fingerprint density at radius 2 is 2.24 bits per heavy atom. The molecule has 0 amide bonds. The van der Waals surface area contributed by atoms with Gasteiger partial charge < -0.3 is 9.63 Å². The SMILES string of the molecule is Cc1noc(CNS(=O)(=O)c2cccc(C#CCO)c2)n1. The zero-order valence-electron chi connectivity index (χ0n) is 11.2. The van der Waals surface area contributed by atoms with Gasteiger partial charge in [-0.15, -0.1) is 0 Å². The molecule has 2 aromatic rings. The Labute approximate surface area is 122 Å². The minimum absolute atomic E-state index is 0.0727. The quantitative estimate of drug-likeness (QED) is 0.782. The molecular weight excluding hydrogens is 294 g/mol. The van der Waals surface area contributed by atoms with Gasteiger partial charge in [0.15, 0.2) is 5.82 Å². The zero-order valence-corrected chi connectivity index (χ0v) is 12.0. The predicted octanol–water partition coefficient (Wildman–Crippen LogP) is 0.200. The van der Waals surface area contributed by atoms with E-state index in [4.69, 9.17) is 9.63 Å². The van der Waals surface area contributed by atoms with Crippen molar-refractivity contribution in [2.75, 3.05) is 6.61 Å². The van der Waals surface area contributed by atoms with Crippen LogP contribution in [-0.4, -0.2) is 30.3 Å². The number of rotatable bonds is 4. The molecule has 0 aliphatic rings. The maximum atomic E-state index is 12.1. The van der Waals surface area contributed by atoms with E-state index in [1.807, 2.05) is 0 Å². The molecular formula is C13H13N3O4S. The van der Waals surface area contributed by atoms with E-state index < -0.39 is 10.0 Å². The summed E-state index contributed by atoms with van der Waals surface area (Å²) >= 11 is 0. The number of hydrogen-bond donors (Lipinski definition) is 2. The van der Waals surface area contributed by atoms with Crippen molar-refractivity contribution in [1.29, 1.82) is 0 Å². The molecule has 0 radical (unpaired) electrons. The van der Waals surface area contributed by atoms with Gasteiger partial charge in [0.25, 0.3) is 0 Å². The van der Waals surface area contributed by atoms with Crippen LogP contribution >= 0.6 is 0 Å². The van der Waals surface area contributed by atoms with Crippen molar-refractivity contribution < 1.29 is 18.0 Å². The van der Waals surface area contributed by atoms with Gasteiger partial charge in [0.05, 0.1) is 11.4 Å². The molecule has 2 N–H and O–H groups in total. The molecule has 2 rings (SSSR count). The molecule has 1 aromatic heterocycles. The summed E-state index contributed by atoms with van der Waals surface area (Å²) < 4.78 is 31.5. The van der Waals surface area contributed by atoms with Crippen molar-refractivity contribution in [2.45, 2.75) is 18.4 Å². The first-order valence-electron chi connectivity index (χ1n) is 6.00. The molecule has 0 atom stereocenters. The van der Waals surface area contributed by atoms with Crippen molar-refractivity contribution in [1.82, 2.24) is 14.9 Å². The number of aryl methyl sites for hydroxylation is 1. The van der Waals surface area contributed by atoms with Crippen LogP contribution in [-0.2, 0) is 16.6 Å². The fourth-order valence-corrected chi connectivity index (χ4v) is 2.55. The molecule has 0 saturated carbocycles. The molecule has 0 spiro atoms. The maximum absolute atomic E-state index is 12.1. The van der Waals surface area contributed by atoms with Gasteiger partial charge in [0.1, 0.15) is 6.61 Å². The first kappa shape index (κ1) is 15.2. The van der Waals surface area contributed by atoms with E-state index in [0.717, 1.165) is 0 Å². The first-order chi connectivity index (χ1) is 10.0. The van der Waals surface area contributed by atoms with E-state index in [1.165, 1.54) is 12.1 Å². The predicted molar refractivity (Wildman–Crippen MR) is 73.5 cm³/mol. The number of aromatic nitrogens is 2. The van der Waals surface area contributed by atoms with Crippen molar-refractivity contribution in [3.05, 3.63) is 41.5 Å². The molecule has 7 nitrogen and oxygen atoms in total. The smallest absolute Gasteiger partial charge is 0.241 e. The zero-order chi connectivity index (χ0) is 15.3. The van der Waals surface area contributed by atoms with Gasteiger partial charge in [0, 0.05) is 5.56 Å². The lowest BCUT2D eigenvalue weighted by Gasteiger charge is -2.04. The summed E-state index contributed by atoms with van der Waals surface area (Å²) in [5, 5.41) is 12.2. The van der Waals surface area contributed by atoms with E-state index in [1.54, 1.807) is 19.1 Å². The summed E-state index contributed by atoms with van der Waals surface area (Å²) in [7, 11) is -3.70. The molecule has 0 fully saturated rings. The van der Waals surface area contributed by atoms with Crippen LogP contribution in [0.4, 0.5) is 0 Å². The van der Waals surface area contributed by atoms with Crippen LogP contribution in [0.2, 0.25) is 0 Å². The largest absolute Gasteiger partial charge is 0.384 e. The second kappa shape index (κ2) is 6.49. The molecule has 0 aliphatic heterocycles. The van der Waals surface area contributed by atoms with Crippen LogP contribution < -0.4 is 4.72 Å². The van der Waals surface area contributed by atoms with Gasteiger partial charge in [0.2, 0.25) is 15.9 Å². The lowest BCUT2D eigenvalue weighted by Crippen LogP contribution is -2.23. The summed E-state index contributed by atoms with van der Waals surface area (Å²) in [5.74, 6) is 5.73. The highest BCUT2D eigenvalue weighted by molar-refractivity contribution is 7.89. The number of nitrogens with zero attached hydrogens (tertiary/aromatic N) is 2. The summed E-state index contributed by atoms with van der Waals surface area (Å²) in [6.45, 7) is 1.27. The topological polar surface area (TPSA) is 105 Å². The Balaban J connectivity index is 2.15. The van der Waals surface area contributed by atoms with Gasteiger partial charge >= 0.3 is 0 Å². The van der Waals surface area contributed by atoms with Gasteiger partial charge in [-0.25, -0.2) is 13.1 Å². The molecule has 1 aromatic carbocycles. The van der Waals surface area contributed by atoms with E-state index in [2.05, 4.69) is 26.7 Å². The van der Waals surface area contributed by atoms with Crippen LogP contribution in [0, 0.1) is 18.8 Å². The minimum atomic E-state index is -3.70. The molecule has 0 bridgehead atoms. The van der Waals surface area contributed by atoms with E-state index in [9.17, 15) is 8.42 Å². The molecule has 8 heteroatoms. The number of aliphatic hydroxyl groups is 1. The fourth-order valence-electron chi connectivity index (χ4n) is 1.53. The molecule has 1 heterocycles. The van der Waals surface area contributed by atoms with Gasteiger partial charge in [-0.05, 0) is 25.1 Å². The third-order valence-corrected chi connectivity index (χ3v) is 3.84. The Hall–Kier alpha value is -2.21. The normalized spacial score (nSPS) is 11.0. The van der Waals surface area contributed by atoms with Crippen LogP contribution in [0.15, 0.2) is 33.7 Å². The number of aliphatic hydroxyl groups excluding tert-OH is 1. The molecule has 110 valence electrons. The van der Waals surface area contributed by atoms with Gasteiger partial charge in [-0.1, -0.05) is 23.1 Å². The first-order valence-corrected chi connectivity index (χ1v) is 7.48. The van der Waals surface area contributed by atoms with Crippen LogP contribution in [0.25, 0.3) is 0 Å². The van der Waals surface area contributed by atoms with E-state index >= 15 is 0 Å². The minimum Gasteiger partial charge on any atom is -0.384 e. The van der Waals surface area contributed by atoms with Crippen LogP contribution in [0.1, 0.15) is 17.3 Å². The Morgan fingerprint density at radius 1 is 1.43 bits per heavy atom. The van der Waals surface area contributed by atoms with Crippen molar-refractivity contribution in [2.24, 2.45) is 0 Å². The van der Waals surface area contributed by atoms with Gasteiger partial charge in [-0.3, -0.25) is 0 Å². The van der Waals surface area contributed by atoms with Gasteiger partial charge in [-0.2, -0.15) is 4.98 Å². The van der Waals surface area contributed by atoms with E-state index in [-0.39, 0.29) is 23.9 Å². The maximum Gasteiger partial charge on any atom is 0.241 e. The second-order valence-corrected chi connectivity index (χ2v) is 5.81. The number of sulfonamides is 1. The lowest BCUT2D eigenvalue weighted by atomic mass is 10.2.